The Labute approximate surface area is 195 Å². The van der Waals surface area contributed by atoms with Gasteiger partial charge < -0.3 is 14.8 Å². The van der Waals surface area contributed by atoms with E-state index >= 15 is 0 Å². The second-order valence-electron chi connectivity index (χ2n) is 9.25. The third-order valence-corrected chi connectivity index (χ3v) is 5.28. The fourth-order valence-electron chi connectivity index (χ4n) is 3.76. The second-order valence-corrected chi connectivity index (χ2v) is 9.25. The average molecular weight is 453 g/mol. The molecule has 2 aromatic carbocycles. The zero-order chi connectivity index (χ0) is 24.0. The normalized spacial score (nSPS) is 13.6. The predicted molar refractivity (Wildman–Crippen MR) is 126 cm³/mol. The molecule has 0 saturated carbocycles. The number of hydrogen-bond donors (Lipinski definition) is 1. The van der Waals surface area contributed by atoms with E-state index in [9.17, 15) is 14.4 Å². The van der Waals surface area contributed by atoms with E-state index in [4.69, 9.17) is 9.47 Å². The lowest BCUT2D eigenvalue weighted by Gasteiger charge is -2.28. The number of esters is 1. The molecular weight excluding hydrogens is 420 g/mol. The van der Waals surface area contributed by atoms with E-state index in [0.29, 0.717) is 5.69 Å². The number of ether oxygens (including phenoxy) is 2. The van der Waals surface area contributed by atoms with Gasteiger partial charge in [-0.25, -0.2) is 4.79 Å². The highest BCUT2D eigenvalue weighted by Crippen LogP contribution is 2.27. The van der Waals surface area contributed by atoms with Crippen molar-refractivity contribution in [3.63, 3.8) is 0 Å². The highest BCUT2D eigenvalue weighted by molar-refractivity contribution is 6.01. The highest BCUT2D eigenvalue weighted by Gasteiger charge is 2.28. The quantitative estimate of drug-likeness (QED) is 0.638. The van der Waals surface area contributed by atoms with Crippen molar-refractivity contribution < 1.29 is 23.9 Å². The van der Waals surface area contributed by atoms with Crippen molar-refractivity contribution in [1.82, 2.24) is 5.32 Å². The standard InChI is InChI=1S/C26H32N2O5/c1-18(27-25(31)32-17-19-9-6-5-7-10-19)24(30)28(16-23(29)33-26(2,3)4)22-14-13-20-11-8-12-21(20)15-22/h5-7,9-10,13-15,18H,8,11-12,16-17H2,1-4H3,(H,27,31)/t18-/m0/s1. The van der Waals surface area contributed by atoms with E-state index < -0.39 is 29.6 Å². The number of rotatable bonds is 7. The van der Waals surface area contributed by atoms with Crippen molar-refractivity contribution in [1.29, 1.82) is 0 Å². The molecule has 1 aliphatic rings. The maximum Gasteiger partial charge on any atom is 0.408 e. The van der Waals surface area contributed by atoms with Gasteiger partial charge in [-0.1, -0.05) is 36.4 Å². The molecule has 2 aromatic rings. The van der Waals surface area contributed by atoms with Gasteiger partial charge in [-0.15, -0.1) is 0 Å². The van der Waals surface area contributed by atoms with Crippen LogP contribution in [0.4, 0.5) is 10.5 Å². The molecule has 3 rings (SSSR count). The van der Waals surface area contributed by atoms with Crippen LogP contribution in [0.15, 0.2) is 48.5 Å². The van der Waals surface area contributed by atoms with Crippen LogP contribution in [-0.2, 0) is 38.5 Å². The van der Waals surface area contributed by atoms with E-state index in [-0.39, 0.29) is 13.2 Å². The van der Waals surface area contributed by atoms with Gasteiger partial charge in [0.2, 0.25) is 5.91 Å². The third kappa shape index (κ3) is 7.07. The molecule has 1 N–H and O–H groups in total. The van der Waals surface area contributed by atoms with Crippen LogP contribution >= 0.6 is 0 Å². The number of alkyl carbamates (subject to hydrolysis) is 1. The number of anilines is 1. The van der Waals surface area contributed by atoms with Crippen molar-refractivity contribution in [3.8, 4) is 0 Å². The lowest BCUT2D eigenvalue weighted by Crippen LogP contribution is -2.49. The molecule has 2 amide bonds. The number of carbonyl (C=O) groups is 3. The number of aryl methyl sites for hydroxylation is 2. The first-order valence-corrected chi connectivity index (χ1v) is 11.2. The molecule has 0 bridgehead atoms. The van der Waals surface area contributed by atoms with E-state index in [1.807, 2.05) is 48.5 Å². The van der Waals surface area contributed by atoms with E-state index in [1.54, 1.807) is 27.7 Å². The molecular formula is C26H32N2O5. The molecule has 1 atom stereocenters. The molecule has 0 saturated heterocycles. The van der Waals surface area contributed by atoms with Gasteiger partial charge >= 0.3 is 12.1 Å². The van der Waals surface area contributed by atoms with Gasteiger partial charge in [-0.3, -0.25) is 14.5 Å². The predicted octanol–water partition coefficient (Wildman–Crippen LogP) is 4.16. The van der Waals surface area contributed by atoms with Crippen LogP contribution in [-0.4, -0.2) is 36.2 Å². The van der Waals surface area contributed by atoms with Crippen LogP contribution in [0.5, 0.6) is 0 Å². The van der Waals surface area contributed by atoms with Crippen LogP contribution < -0.4 is 10.2 Å². The number of amides is 2. The fourth-order valence-corrected chi connectivity index (χ4v) is 3.76. The van der Waals surface area contributed by atoms with Crippen molar-refractivity contribution in [2.75, 3.05) is 11.4 Å². The summed E-state index contributed by atoms with van der Waals surface area (Å²) in [6.07, 6.45) is 2.33. The number of fused-ring (bicyclic) bond motifs is 1. The SMILES string of the molecule is C[C@H](NC(=O)OCc1ccccc1)C(=O)N(CC(=O)OC(C)(C)C)c1ccc2c(c1)CCC2. The second kappa shape index (κ2) is 10.5. The van der Waals surface area contributed by atoms with Gasteiger partial charge in [0.1, 0.15) is 24.8 Å². The molecule has 0 unspecified atom stereocenters. The van der Waals surface area contributed by atoms with Crippen molar-refractivity contribution in [2.45, 2.75) is 65.2 Å². The minimum atomic E-state index is -0.899. The topological polar surface area (TPSA) is 84.9 Å². The largest absolute Gasteiger partial charge is 0.459 e. The monoisotopic (exact) mass is 452 g/mol. The van der Waals surface area contributed by atoms with Crippen molar-refractivity contribution >= 4 is 23.7 Å². The Hall–Kier alpha value is -3.35. The zero-order valence-corrected chi connectivity index (χ0v) is 19.7. The number of carbonyl (C=O) groups excluding carboxylic acids is 3. The van der Waals surface area contributed by atoms with Crippen LogP contribution in [0.25, 0.3) is 0 Å². The molecule has 0 fully saturated rings. The summed E-state index contributed by atoms with van der Waals surface area (Å²) in [6, 6.07) is 14.2. The van der Waals surface area contributed by atoms with Crippen LogP contribution in [0, 0.1) is 0 Å². The van der Waals surface area contributed by atoms with Crippen LogP contribution in [0.2, 0.25) is 0 Å². The summed E-state index contributed by atoms with van der Waals surface area (Å²) >= 11 is 0. The van der Waals surface area contributed by atoms with E-state index in [0.717, 1.165) is 24.8 Å². The molecule has 1 aliphatic carbocycles. The van der Waals surface area contributed by atoms with Gasteiger partial charge in [0.25, 0.3) is 0 Å². The first-order valence-electron chi connectivity index (χ1n) is 11.2. The van der Waals surface area contributed by atoms with Crippen molar-refractivity contribution in [2.24, 2.45) is 0 Å². The summed E-state index contributed by atoms with van der Waals surface area (Å²) in [7, 11) is 0. The fraction of sp³-hybridized carbons (Fsp3) is 0.423. The van der Waals surface area contributed by atoms with E-state index in [1.165, 1.54) is 16.0 Å². The summed E-state index contributed by atoms with van der Waals surface area (Å²) in [5.74, 6) is -0.939. The first-order chi connectivity index (χ1) is 15.6. The molecule has 0 aliphatic heterocycles. The number of hydrogen-bond acceptors (Lipinski definition) is 5. The van der Waals surface area contributed by atoms with E-state index in [2.05, 4.69) is 5.32 Å². The highest BCUT2D eigenvalue weighted by atomic mass is 16.6. The number of nitrogens with one attached hydrogen (secondary N) is 1. The maximum atomic E-state index is 13.3. The molecule has 33 heavy (non-hydrogen) atoms. The molecule has 7 nitrogen and oxygen atoms in total. The first kappa shape index (κ1) is 24.3. The Bertz CT molecular complexity index is 997. The Morgan fingerprint density at radius 3 is 2.42 bits per heavy atom. The summed E-state index contributed by atoms with van der Waals surface area (Å²) in [5.41, 5.74) is 3.22. The Morgan fingerprint density at radius 2 is 1.73 bits per heavy atom. The molecule has 176 valence electrons. The number of benzene rings is 2. The molecule has 0 spiro atoms. The maximum absolute atomic E-state index is 13.3. The molecule has 7 heteroatoms. The van der Waals surface area contributed by atoms with Gasteiger partial charge in [0.15, 0.2) is 0 Å². The summed E-state index contributed by atoms with van der Waals surface area (Å²) in [5, 5.41) is 2.57. The average Bonchev–Trinajstić information content (AvgIpc) is 3.23. The summed E-state index contributed by atoms with van der Waals surface area (Å²) < 4.78 is 10.7. The lowest BCUT2D eigenvalue weighted by molar-refractivity contribution is -0.153. The minimum Gasteiger partial charge on any atom is -0.459 e. The van der Waals surface area contributed by atoms with Gasteiger partial charge in [0, 0.05) is 5.69 Å². The van der Waals surface area contributed by atoms with Crippen LogP contribution in [0.1, 0.15) is 50.8 Å². The van der Waals surface area contributed by atoms with Gasteiger partial charge in [-0.05, 0) is 75.8 Å². The minimum absolute atomic E-state index is 0.0973. The Balaban J connectivity index is 1.70. The number of nitrogens with zero attached hydrogens (tertiary/aromatic N) is 1. The van der Waals surface area contributed by atoms with Crippen molar-refractivity contribution in [3.05, 3.63) is 65.2 Å². The molecule has 0 radical (unpaired) electrons. The molecule has 0 aromatic heterocycles. The van der Waals surface area contributed by atoms with Crippen LogP contribution in [0.3, 0.4) is 0 Å². The smallest absolute Gasteiger partial charge is 0.408 e. The lowest BCUT2D eigenvalue weighted by atomic mass is 10.1. The molecule has 0 heterocycles. The Morgan fingerprint density at radius 1 is 1.03 bits per heavy atom. The summed E-state index contributed by atoms with van der Waals surface area (Å²) in [6.45, 7) is 6.75. The summed E-state index contributed by atoms with van der Waals surface area (Å²) in [4.78, 5) is 39.5. The zero-order valence-electron chi connectivity index (χ0n) is 19.7. The van der Waals surface area contributed by atoms with Gasteiger partial charge in [0.05, 0.1) is 0 Å². The van der Waals surface area contributed by atoms with Gasteiger partial charge in [-0.2, -0.15) is 0 Å². The Kier molecular flexibility index (Phi) is 7.74. The third-order valence-electron chi connectivity index (χ3n) is 5.28.